The number of hydrogen-bond acceptors (Lipinski definition) is 2. The Hall–Kier alpha value is -2.48. The fourth-order valence-corrected chi connectivity index (χ4v) is 1.86. The number of nitrogens with zero attached hydrogens (tertiary/aromatic N) is 1. The van der Waals surface area contributed by atoms with Crippen LogP contribution >= 0.6 is 0 Å². The van der Waals surface area contributed by atoms with Crippen molar-refractivity contribution >= 4 is 0 Å². The molecule has 2 aromatic rings. The zero-order valence-corrected chi connectivity index (χ0v) is 11.5. The van der Waals surface area contributed by atoms with Crippen molar-refractivity contribution in [1.82, 2.24) is 0 Å². The van der Waals surface area contributed by atoms with Crippen LogP contribution in [-0.4, -0.2) is 0 Å². The maximum atomic E-state index is 12.9. The molecule has 0 radical (unpaired) electrons. The first-order chi connectivity index (χ1) is 9.81. The van der Waals surface area contributed by atoms with Crippen molar-refractivity contribution in [2.75, 3.05) is 0 Å². The molecule has 0 amide bonds. The first-order valence-corrected chi connectivity index (χ1v) is 6.17. The average molecular weight is 291 g/mol. The van der Waals surface area contributed by atoms with E-state index >= 15 is 0 Å². The number of benzene rings is 2. The molecule has 0 atom stereocenters. The van der Waals surface area contributed by atoms with Gasteiger partial charge in [0.1, 0.15) is 11.5 Å². The van der Waals surface area contributed by atoms with Gasteiger partial charge >= 0.3 is 6.18 Å². The van der Waals surface area contributed by atoms with Gasteiger partial charge in [-0.1, -0.05) is 12.1 Å². The molecular formula is C16H12F3NO. The van der Waals surface area contributed by atoms with Crippen LogP contribution in [0.15, 0.2) is 36.4 Å². The van der Waals surface area contributed by atoms with Crippen molar-refractivity contribution in [3.05, 3.63) is 58.7 Å². The number of nitriles is 1. The monoisotopic (exact) mass is 291 g/mol. The van der Waals surface area contributed by atoms with E-state index in [2.05, 4.69) is 0 Å². The Bertz CT molecular complexity index is 714. The van der Waals surface area contributed by atoms with Crippen LogP contribution in [-0.2, 0) is 6.18 Å². The van der Waals surface area contributed by atoms with Gasteiger partial charge in [-0.15, -0.1) is 0 Å². The lowest BCUT2D eigenvalue weighted by Crippen LogP contribution is -2.08. The maximum absolute atomic E-state index is 12.9. The third-order valence-corrected chi connectivity index (χ3v) is 2.99. The first-order valence-electron chi connectivity index (χ1n) is 6.17. The van der Waals surface area contributed by atoms with Gasteiger partial charge in [0, 0.05) is 0 Å². The van der Waals surface area contributed by atoms with Gasteiger partial charge in [0.2, 0.25) is 0 Å². The largest absolute Gasteiger partial charge is 0.457 e. The Labute approximate surface area is 120 Å². The molecule has 0 aliphatic carbocycles. The molecule has 0 aromatic heterocycles. The second-order valence-corrected chi connectivity index (χ2v) is 4.69. The summed E-state index contributed by atoms with van der Waals surface area (Å²) < 4.78 is 44.2. The third kappa shape index (κ3) is 3.34. The molecular weight excluding hydrogens is 279 g/mol. The summed E-state index contributed by atoms with van der Waals surface area (Å²) in [6.07, 6.45) is -4.59. The van der Waals surface area contributed by atoms with Crippen LogP contribution in [0.25, 0.3) is 0 Å². The van der Waals surface area contributed by atoms with Crippen LogP contribution in [0.1, 0.15) is 22.3 Å². The molecule has 2 aromatic carbocycles. The molecule has 2 nitrogen and oxygen atoms in total. The molecule has 0 fully saturated rings. The average Bonchev–Trinajstić information content (AvgIpc) is 2.42. The summed E-state index contributed by atoms with van der Waals surface area (Å²) in [7, 11) is 0. The molecule has 0 heterocycles. The molecule has 0 spiro atoms. The summed E-state index contributed by atoms with van der Waals surface area (Å²) in [6, 6.07) is 10.3. The Morgan fingerprint density at radius 1 is 1.05 bits per heavy atom. The molecule has 0 N–H and O–H groups in total. The summed E-state index contributed by atoms with van der Waals surface area (Å²) in [5.74, 6) is 0.544. The van der Waals surface area contributed by atoms with Crippen LogP contribution < -0.4 is 4.74 Å². The number of aryl methyl sites for hydroxylation is 2. The fourth-order valence-electron chi connectivity index (χ4n) is 1.86. The predicted molar refractivity (Wildman–Crippen MR) is 72.1 cm³/mol. The lowest BCUT2D eigenvalue weighted by atomic mass is 10.1. The predicted octanol–water partition coefficient (Wildman–Crippen LogP) is 4.99. The second-order valence-electron chi connectivity index (χ2n) is 4.69. The van der Waals surface area contributed by atoms with Gasteiger partial charge in [0.15, 0.2) is 0 Å². The summed E-state index contributed by atoms with van der Waals surface area (Å²) in [5.41, 5.74) is 0.349. The van der Waals surface area contributed by atoms with Crippen LogP contribution in [0.3, 0.4) is 0 Å². The topological polar surface area (TPSA) is 33.0 Å². The minimum Gasteiger partial charge on any atom is -0.457 e. The highest BCUT2D eigenvalue weighted by Crippen LogP contribution is 2.35. The van der Waals surface area contributed by atoms with E-state index in [1.807, 2.05) is 26.0 Å². The lowest BCUT2D eigenvalue weighted by molar-refractivity contribution is -0.137. The van der Waals surface area contributed by atoms with Crippen molar-refractivity contribution < 1.29 is 17.9 Å². The van der Waals surface area contributed by atoms with Gasteiger partial charge in [-0.3, -0.25) is 0 Å². The van der Waals surface area contributed by atoms with Crippen LogP contribution in [0.2, 0.25) is 0 Å². The Balaban J connectivity index is 2.42. The number of alkyl halides is 3. The first kappa shape index (κ1) is 14.9. The minimum absolute atomic E-state index is 0.0509. The molecule has 0 saturated carbocycles. The zero-order valence-electron chi connectivity index (χ0n) is 11.5. The molecule has 108 valence electrons. The van der Waals surface area contributed by atoms with Gasteiger partial charge in [-0.2, -0.15) is 18.4 Å². The highest BCUT2D eigenvalue weighted by molar-refractivity contribution is 5.46. The van der Waals surface area contributed by atoms with Crippen LogP contribution in [0, 0.1) is 25.2 Å². The highest BCUT2D eigenvalue weighted by Gasteiger charge is 2.34. The SMILES string of the molecule is Cc1ccc(C)c(Oc2ccc(C#N)c(C(F)(F)F)c2)c1. The molecule has 0 bridgehead atoms. The van der Waals surface area contributed by atoms with E-state index in [-0.39, 0.29) is 5.75 Å². The highest BCUT2D eigenvalue weighted by atomic mass is 19.4. The van der Waals surface area contributed by atoms with Crippen LogP contribution in [0.5, 0.6) is 11.5 Å². The molecule has 2 rings (SSSR count). The molecule has 0 aliphatic heterocycles. The number of rotatable bonds is 2. The van der Waals surface area contributed by atoms with E-state index in [1.165, 1.54) is 12.1 Å². The standard InChI is InChI=1S/C16H12F3NO/c1-10-3-4-11(2)15(7-10)21-13-6-5-12(9-20)14(8-13)16(17,18)19/h3-8H,1-2H3. The van der Waals surface area contributed by atoms with Crippen molar-refractivity contribution in [1.29, 1.82) is 5.26 Å². The lowest BCUT2D eigenvalue weighted by Gasteiger charge is -2.13. The molecule has 0 unspecified atom stereocenters. The number of ether oxygens (including phenoxy) is 1. The van der Waals surface area contributed by atoms with E-state index in [1.54, 1.807) is 6.07 Å². The number of hydrogen-bond donors (Lipinski definition) is 0. The Morgan fingerprint density at radius 2 is 1.76 bits per heavy atom. The maximum Gasteiger partial charge on any atom is 0.417 e. The Kier molecular flexibility index (Phi) is 3.90. The van der Waals surface area contributed by atoms with Crippen molar-refractivity contribution in [2.45, 2.75) is 20.0 Å². The third-order valence-electron chi connectivity index (χ3n) is 2.99. The summed E-state index contributed by atoms with van der Waals surface area (Å²) >= 11 is 0. The smallest absolute Gasteiger partial charge is 0.417 e. The summed E-state index contributed by atoms with van der Waals surface area (Å²) in [6.45, 7) is 3.68. The summed E-state index contributed by atoms with van der Waals surface area (Å²) in [5, 5.41) is 8.75. The normalized spacial score (nSPS) is 11.0. The van der Waals surface area contributed by atoms with Gasteiger partial charge in [0.25, 0.3) is 0 Å². The van der Waals surface area contributed by atoms with E-state index in [4.69, 9.17) is 10.00 Å². The molecule has 0 aliphatic rings. The fraction of sp³-hybridized carbons (Fsp3) is 0.188. The van der Waals surface area contributed by atoms with E-state index in [9.17, 15) is 13.2 Å². The van der Waals surface area contributed by atoms with Gasteiger partial charge in [-0.25, -0.2) is 0 Å². The van der Waals surface area contributed by atoms with Gasteiger partial charge in [0.05, 0.1) is 17.2 Å². The molecule has 0 saturated heterocycles. The molecule has 5 heteroatoms. The van der Waals surface area contributed by atoms with Crippen molar-refractivity contribution in [2.24, 2.45) is 0 Å². The zero-order chi connectivity index (χ0) is 15.6. The van der Waals surface area contributed by atoms with E-state index in [0.717, 1.165) is 23.3 Å². The van der Waals surface area contributed by atoms with Gasteiger partial charge < -0.3 is 4.74 Å². The van der Waals surface area contributed by atoms with Gasteiger partial charge in [-0.05, 0) is 49.2 Å². The van der Waals surface area contributed by atoms with E-state index < -0.39 is 17.3 Å². The van der Waals surface area contributed by atoms with Crippen molar-refractivity contribution in [3.63, 3.8) is 0 Å². The van der Waals surface area contributed by atoms with Crippen molar-refractivity contribution in [3.8, 4) is 17.6 Å². The minimum atomic E-state index is -4.59. The Morgan fingerprint density at radius 3 is 2.38 bits per heavy atom. The van der Waals surface area contributed by atoms with Crippen LogP contribution in [0.4, 0.5) is 13.2 Å². The second kappa shape index (κ2) is 5.49. The quantitative estimate of drug-likeness (QED) is 0.781. The molecule has 21 heavy (non-hydrogen) atoms. The number of halogens is 3. The summed E-state index contributed by atoms with van der Waals surface area (Å²) in [4.78, 5) is 0. The van der Waals surface area contributed by atoms with E-state index in [0.29, 0.717) is 5.75 Å².